The summed E-state index contributed by atoms with van der Waals surface area (Å²) in [6.07, 6.45) is 2.49. The molecule has 0 amide bonds. The highest BCUT2D eigenvalue weighted by Gasteiger charge is 2.63. The van der Waals surface area contributed by atoms with Gasteiger partial charge in [0, 0.05) is 0 Å². The average Bonchev–Trinajstić information content (AvgIpc) is 2.58. The molecule has 1 fully saturated rings. The highest BCUT2D eigenvalue weighted by Crippen LogP contribution is 2.67. The minimum atomic E-state index is 0.503. The molecule has 0 aromatic carbocycles. The normalized spacial score (nSPS) is 24.4. The van der Waals surface area contributed by atoms with Crippen molar-refractivity contribution < 1.29 is 0 Å². The van der Waals surface area contributed by atoms with Crippen molar-refractivity contribution in [1.82, 2.24) is 5.32 Å². The van der Waals surface area contributed by atoms with E-state index in [0.717, 1.165) is 25.6 Å². The summed E-state index contributed by atoms with van der Waals surface area (Å²) in [6, 6.07) is 0. The molecule has 3 N–H and O–H groups in total. The van der Waals surface area contributed by atoms with Crippen LogP contribution in [-0.4, -0.2) is 19.6 Å². The molecule has 16 heavy (non-hydrogen) atoms. The Morgan fingerprint density at radius 2 is 1.75 bits per heavy atom. The quantitative estimate of drug-likeness (QED) is 0.700. The van der Waals surface area contributed by atoms with Crippen LogP contribution in [-0.2, 0) is 0 Å². The molecular formula is C14H30N2. The lowest BCUT2D eigenvalue weighted by Crippen LogP contribution is -2.30. The van der Waals surface area contributed by atoms with Crippen LogP contribution < -0.4 is 11.1 Å². The van der Waals surface area contributed by atoms with Crippen LogP contribution in [0.3, 0.4) is 0 Å². The maximum atomic E-state index is 5.76. The monoisotopic (exact) mass is 226 g/mol. The Balaban J connectivity index is 2.22. The Bertz CT molecular complexity index is 207. The zero-order valence-corrected chi connectivity index (χ0v) is 11.8. The predicted octanol–water partition coefficient (Wildman–Crippen LogP) is 2.63. The Kier molecular flexibility index (Phi) is 4.42. The van der Waals surface area contributed by atoms with Gasteiger partial charge in [0.15, 0.2) is 0 Å². The Morgan fingerprint density at radius 3 is 2.12 bits per heavy atom. The average molecular weight is 226 g/mol. The van der Waals surface area contributed by atoms with Crippen molar-refractivity contribution in [1.29, 1.82) is 0 Å². The Labute approximate surface area is 101 Å². The first-order chi connectivity index (χ1) is 7.37. The highest BCUT2D eigenvalue weighted by molar-refractivity contribution is 5.12. The lowest BCUT2D eigenvalue weighted by atomic mass is 10.0. The lowest BCUT2D eigenvalue weighted by Gasteiger charge is -2.15. The third kappa shape index (κ3) is 2.60. The summed E-state index contributed by atoms with van der Waals surface area (Å²) in [7, 11) is 0. The molecule has 0 aromatic rings. The first-order valence-electron chi connectivity index (χ1n) is 6.78. The van der Waals surface area contributed by atoms with E-state index in [1.807, 2.05) is 0 Å². The fourth-order valence-corrected chi connectivity index (χ4v) is 2.99. The van der Waals surface area contributed by atoms with Crippen LogP contribution in [0.1, 0.15) is 47.5 Å². The molecule has 2 nitrogen and oxygen atoms in total. The van der Waals surface area contributed by atoms with Gasteiger partial charge in [0.05, 0.1) is 0 Å². The van der Waals surface area contributed by atoms with Crippen molar-refractivity contribution in [2.75, 3.05) is 19.6 Å². The fraction of sp³-hybridized carbons (Fsp3) is 1.00. The molecule has 1 saturated carbocycles. The third-order valence-corrected chi connectivity index (χ3v) is 5.13. The largest absolute Gasteiger partial charge is 0.330 e. The van der Waals surface area contributed by atoms with Gasteiger partial charge in [0.25, 0.3) is 0 Å². The van der Waals surface area contributed by atoms with Gasteiger partial charge in [-0.25, -0.2) is 0 Å². The van der Waals surface area contributed by atoms with Gasteiger partial charge in [-0.15, -0.1) is 0 Å². The zero-order valence-electron chi connectivity index (χ0n) is 11.8. The Hall–Kier alpha value is -0.0800. The molecule has 1 unspecified atom stereocenters. The van der Waals surface area contributed by atoms with Crippen LogP contribution >= 0.6 is 0 Å². The molecule has 0 heterocycles. The minimum Gasteiger partial charge on any atom is -0.330 e. The van der Waals surface area contributed by atoms with Crippen LogP contribution in [0.5, 0.6) is 0 Å². The summed E-state index contributed by atoms with van der Waals surface area (Å²) in [6.45, 7) is 14.8. The second-order valence-corrected chi connectivity index (χ2v) is 6.54. The molecule has 1 atom stereocenters. The van der Waals surface area contributed by atoms with Gasteiger partial charge >= 0.3 is 0 Å². The van der Waals surface area contributed by atoms with E-state index in [0.29, 0.717) is 16.7 Å². The fourth-order valence-electron chi connectivity index (χ4n) is 2.99. The van der Waals surface area contributed by atoms with Gasteiger partial charge in [-0.2, -0.15) is 0 Å². The van der Waals surface area contributed by atoms with Crippen LogP contribution in [0, 0.1) is 22.7 Å². The molecule has 0 aromatic heterocycles. The molecule has 0 spiro atoms. The standard InChI is InChI=1S/C14H30N2/c1-6-7-11(8-15)9-16-10-12-13(2,3)14(12,4)5/h11-12,16H,6-10,15H2,1-5H3. The molecule has 1 aliphatic carbocycles. The molecule has 96 valence electrons. The zero-order chi connectivity index (χ0) is 12.4. The summed E-state index contributed by atoms with van der Waals surface area (Å²) >= 11 is 0. The van der Waals surface area contributed by atoms with Crippen LogP contribution in [0.4, 0.5) is 0 Å². The third-order valence-electron chi connectivity index (χ3n) is 5.13. The first kappa shape index (κ1) is 14.0. The van der Waals surface area contributed by atoms with Crippen molar-refractivity contribution in [3.05, 3.63) is 0 Å². The molecule has 0 aliphatic heterocycles. The van der Waals surface area contributed by atoms with Gasteiger partial charge in [0.2, 0.25) is 0 Å². The molecular weight excluding hydrogens is 196 g/mol. The molecule has 1 aliphatic rings. The smallest absolute Gasteiger partial charge is 0.000834 e. The van der Waals surface area contributed by atoms with E-state index in [1.165, 1.54) is 12.8 Å². The van der Waals surface area contributed by atoms with Gasteiger partial charge in [-0.3, -0.25) is 0 Å². The topological polar surface area (TPSA) is 38.0 Å². The first-order valence-corrected chi connectivity index (χ1v) is 6.78. The predicted molar refractivity (Wildman–Crippen MR) is 71.4 cm³/mol. The molecule has 1 rings (SSSR count). The van der Waals surface area contributed by atoms with Gasteiger partial charge in [-0.1, -0.05) is 41.0 Å². The molecule has 0 bridgehead atoms. The maximum Gasteiger partial charge on any atom is -0.000834 e. The van der Waals surface area contributed by atoms with Gasteiger partial charge in [-0.05, 0) is 48.7 Å². The highest BCUT2D eigenvalue weighted by atomic mass is 14.9. The van der Waals surface area contributed by atoms with Gasteiger partial charge < -0.3 is 11.1 Å². The minimum absolute atomic E-state index is 0.503. The van der Waals surface area contributed by atoms with E-state index in [2.05, 4.69) is 39.9 Å². The van der Waals surface area contributed by atoms with E-state index in [-0.39, 0.29) is 0 Å². The second-order valence-electron chi connectivity index (χ2n) is 6.54. The van der Waals surface area contributed by atoms with E-state index < -0.39 is 0 Å². The maximum absolute atomic E-state index is 5.76. The second kappa shape index (κ2) is 5.05. The lowest BCUT2D eigenvalue weighted by molar-refractivity contribution is 0.429. The van der Waals surface area contributed by atoms with E-state index >= 15 is 0 Å². The number of rotatable bonds is 7. The van der Waals surface area contributed by atoms with Crippen molar-refractivity contribution in [2.45, 2.75) is 47.5 Å². The number of nitrogens with one attached hydrogen (secondary N) is 1. The van der Waals surface area contributed by atoms with Crippen molar-refractivity contribution in [3.63, 3.8) is 0 Å². The summed E-state index contributed by atoms with van der Waals surface area (Å²) in [5, 5.41) is 3.61. The summed E-state index contributed by atoms with van der Waals surface area (Å²) in [5.74, 6) is 1.48. The number of hydrogen-bond donors (Lipinski definition) is 2. The van der Waals surface area contributed by atoms with Crippen molar-refractivity contribution in [2.24, 2.45) is 28.4 Å². The van der Waals surface area contributed by atoms with Crippen LogP contribution in [0.25, 0.3) is 0 Å². The van der Waals surface area contributed by atoms with Crippen LogP contribution in [0.2, 0.25) is 0 Å². The summed E-state index contributed by atoms with van der Waals surface area (Å²) in [5.41, 5.74) is 6.76. The molecule has 0 saturated heterocycles. The summed E-state index contributed by atoms with van der Waals surface area (Å²) < 4.78 is 0. The molecule has 2 heteroatoms. The van der Waals surface area contributed by atoms with E-state index in [1.54, 1.807) is 0 Å². The Morgan fingerprint density at radius 1 is 1.19 bits per heavy atom. The van der Waals surface area contributed by atoms with Gasteiger partial charge in [0.1, 0.15) is 0 Å². The van der Waals surface area contributed by atoms with Crippen molar-refractivity contribution >= 4 is 0 Å². The molecule has 0 radical (unpaired) electrons. The summed E-state index contributed by atoms with van der Waals surface area (Å²) in [4.78, 5) is 0. The number of nitrogens with two attached hydrogens (primary N) is 1. The van der Waals surface area contributed by atoms with Crippen molar-refractivity contribution in [3.8, 4) is 0 Å². The SMILES string of the molecule is CCCC(CN)CNCC1C(C)(C)C1(C)C. The van der Waals surface area contributed by atoms with E-state index in [9.17, 15) is 0 Å². The number of hydrogen-bond acceptors (Lipinski definition) is 2. The van der Waals surface area contributed by atoms with E-state index in [4.69, 9.17) is 5.73 Å². The van der Waals surface area contributed by atoms with Crippen LogP contribution in [0.15, 0.2) is 0 Å².